The minimum Gasteiger partial charge on any atom is -0.348 e. The van der Waals surface area contributed by atoms with E-state index in [1.165, 1.54) is 12.8 Å². The molecule has 0 bridgehead atoms. The van der Waals surface area contributed by atoms with Crippen molar-refractivity contribution in [2.45, 2.75) is 64.3 Å². The highest BCUT2D eigenvalue weighted by Gasteiger charge is 2.29. The van der Waals surface area contributed by atoms with Gasteiger partial charge in [0.2, 0.25) is 0 Å². The predicted molar refractivity (Wildman–Crippen MR) is 123 cm³/mol. The molecule has 7 heteroatoms. The molecule has 168 valence electrons. The number of hydrogen-bond donors (Lipinski definition) is 1. The molecule has 1 N–H and O–H groups in total. The lowest BCUT2D eigenvalue weighted by Gasteiger charge is -2.33. The molecule has 2 aromatic rings. The quantitative estimate of drug-likeness (QED) is 0.740. The number of rotatable bonds is 6. The van der Waals surface area contributed by atoms with Crippen molar-refractivity contribution < 1.29 is 9.59 Å². The van der Waals surface area contributed by atoms with Crippen LogP contribution in [0.25, 0.3) is 0 Å². The standard InChI is InChI=1S/C25H31N5O2/c1-2-9-30(22-13-18-14-28-24(31)21(18)16-26-22)23-20(17-7-6-8-17)12-19(15-27-23)25(32)29-10-4-3-5-11-29/h12-13,15-17H,2-11,14H2,1H3,(H,28,31). The monoisotopic (exact) mass is 433 g/mol. The number of nitrogens with one attached hydrogen (secondary N) is 1. The van der Waals surface area contributed by atoms with Crippen molar-refractivity contribution in [1.29, 1.82) is 0 Å². The van der Waals surface area contributed by atoms with E-state index in [0.29, 0.717) is 23.6 Å². The Bertz CT molecular complexity index is 1030. The molecule has 1 aliphatic carbocycles. The molecule has 0 radical (unpaired) electrons. The number of pyridine rings is 2. The fraction of sp³-hybridized carbons (Fsp3) is 0.520. The normalized spacial score (nSPS) is 18.2. The van der Waals surface area contributed by atoms with E-state index in [9.17, 15) is 9.59 Å². The summed E-state index contributed by atoms with van der Waals surface area (Å²) >= 11 is 0. The maximum absolute atomic E-state index is 13.1. The van der Waals surface area contributed by atoms with E-state index in [1.807, 2.05) is 11.0 Å². The molecule has 4 heterocycles. The largest absolute Gasteiger partial charge is 0.348 e. The molecule has 7 nitrogen and oxygen atoms in total. The highest BCUT2D eigenvalue weighted by molar-refractivity contribution is 5.98. The molecular formula is C25H31N5O2. The van der Waals surface area contributed by atoms with Crippen LogP contribution in [-0.4, -0.2) is 46.3 Å². The van der Waals surface area contributed by atoms with Gasteiger partial charge in [-0.1, -0.05) is 13.3 Å². The lowest BCUT2D eigenvalue weighted by molar-refractivity contribution is 0.0723. The Morgan fingerprint density at radius 2 is 1.94 bits per heavy atom. The molecule has 2 amide bonds. The summed E-state index contributed by atoms with van der Waals surface area (Å²) in [5.41, 5.74) is 3.48. The minimum atomic E-state index is -0.0602. The number of hydrogen-bond acceptors (Lipinski definition) is 5. The molecule has 0 unspecified atom stereocenters. The van der Waals surface area contributed by atoms with Crippen LogP contribution in [0.1, 0.15) is 89.6 Å². The average Bonchev–Trinajstić information content (AvgIpc) is 3.17. The zero-order chi connectivity index (χ0) is 22.1. The summed E-state index contributed by atoms with van der Waals surface area (Å²) in [4.78, 5) is 38.7. The van der Waals surface area contributed by atoms with E-state index >= 15 is 0 Å². The van der Waals surface area contributed by atoms with Gasteiger partial charge in [0.15, 0.2) is 0 Å². The van der Waals surface area contributed by atoms with Gasteiger partial charge in [-0.25, -0.2) is 9.97 Å². The van der Waals surface area contributed by atoms with Crippen molar-refractivity contribution >= 4 is 23.5 Å². The van der Waals surface area contributed by atoms with Crippen LogP contribution in [0.3, 0.4) is 0 Å². The smallest absolute Gasteiger partial charge is 0.255 e. The van der Waals surface area contributed by atoms with Crippen LogP contribution in [0.5, 0.6) is 0 Å². The van der Waals surface area contributed by atoms with Gasteiger partial charge in [-0.05, 0) is 67.7 Å². The van der Waals surface area contributed by atoms with Gasteiger partial charge in [0.25, 0.3) is 11.8 Å². The van der Waals surface area contributed by atoms with Crippen LogP contribution in [0, 0.1) is 0 Å². The second-order valence-electron chi connectivity index (χ2n) is 9.15. The Hall–Kier alpha value is -2.96. The first-order valence-corrected chi connectivity index (χ1v) is 12.0. The summed E-state index contributed by atoms with van der Waals surface area (Å²) in [6.45, 7) is 5.14. The van der Waals surface area contributed by atoms with Crippen molar-refractivity contribution in [3.05, 3.63) is 46.8 Å². The molecule has 0 aromatic carbocycles. The molecule has 3 aliphatic rings. The third kappa shape index (κ3) is 3.85. The first-order valence-electron chi connectivity index (χ1n) is 12.0. The molecule has 5 rings (SSSR count). The predicted octanol–water partition coefficient (Wildman–Crippen LogP) is 4.16. The molecular weight excluding hydrogens is 402 g/mol. The fourth-order valence-electron chi connectivity index (χ4n) is 4.92. The first kappa shape index (κ1) is 20.9. The highest BCUT2D eigenvalue weighted by Crippen LogP contribution is 2.42. The van der Waals surface area contributed by atoms with E-state index in [1.54, 1.807) is 12.4 Å². The summed E-state index contributed by atoms with van der Waals surface area (Å²) in [7, 11) is 0. The maximum Gasteiger partial charge on any atom is 0.255 e. The van der Waals surface area contributed by atoms with Crippen LogP contribution in [0.4, 0.5) is 11.6 Å². The molecule has 2 fully saturated rings. The Morgan fingerprint density at radius 3 is 2.66 bits per heavy atom. The number of anilines is 2. The molecule has 2 aromatic heterocycles. The lowest BCUT2D eigenvalue weighted by atomic mass is 9.79. The van der Waals surface area contributed by atoms with E-state index < -0.39 is 0 Å². The summed E-state index contributed by atoms with van der Waals surface area (Å²) in [5.74, 6) is 2.19. The van der Waals surface area contributed by atoms with E-state index in [2.05, 4.69) is 28.2 Å². The van der Waals surface area contributed by atoms with Crippen molar-refractivity contribution in [3.63, 3.8) is 0 Å². The summed E-state index contributed by atoms with van der Waals surface area (Å²) in [6, 6.07) is 4.09. The van der Waals surface area contributed by atoms with Gasteiger partial charge in [0.05, 0.1) is 11.1 Å². The maximum atomic E-state index is 13.1. The van der Waals surface area contributed by atoms with Gasteiger partial charge < -0.3 is 15.1 Å². The van der Waals surface area contributed by atoms with Gasteiger partial charge in [-0.3, -0.25) is 9.59 Å². The van der Waals surface area contributed by atoms with Crippen LogP contribution < -0.4 is 10.2 Å². The number of piperidine rings is 1. The molecule has 2 aliphatic heterocycles. The molecule has 0 spiro atoms. The van der Waals surface area contributed by atoms with Crippen molar-refractivity contribution in [3.8, 4) is 0 Å². The Morgan fingerprint density at radius 1 is 1.12 bits per heavy atom. The summed E-state index contributed by atoms with van der Waals surface area (Å²) < 4.78 is 0. The number of fused-ring (bicyclic) bond motifs is 1. The zero-order valence-electron chi connectivity index (χ0n) is 18.8. The number of aromatic nitrogens is 2. The van der Waals surface area contributed by atoms with Crippen LogP contribution in [-0.2, 0) is 6.54 Å². The second-order valence-corrected chi connectivity index (χ2v) is 9.15. The van der Waals surface area contributed by atoms with Gasteiger partial charge in [0, 0.05) is 38.6 Å². The first-order chi connectivity index (χ1) is 15.7. The van der Waals surface area contributed by atoms with Crippen LogP contribution >= 0.6 is 0 Å². The number of nitrogens with zero attached hydrogens (tertiary/aromatic N) is 4. The lowest BCUT2D eigenvalue weighted by Crippen LogP contribution is -2.36. The van der Waals surface area contributed by atoms with Gasteiger partial charge in [-0.2, -0.15) is 0 Å². The third-order valence-corrected chi connectivity index (χ3v) is 6.97. The second kappa shape index (κ2) is 8.88. The van der Waals surface area contributed by atoms with Gasteiger partial charge >= 0.3 is 0 Å². The average molecular weight is 434 g/mol. The number of carbonyl (C=O) groups excluding carboxylic acids is 2. The van der Waals surface area contributed by atoms with E-state index in [0.717, 1.165) is 74.5 Å². The van der Waals surface area contributed by atoms with Crippen molar-refractivity contribution in [2.24, 2.45) is 0 Å². The Kier molecular flexibility index (Phi) is 5.81. The molecule has 32 heavy (non-hydrogen) atoms. The van der Waals surface area contributed by atoms with Crippen LogP contribution in [0.15, 0.2) is 24.5 Å². The zero-order valence-corrected chi connectivity index (χ0v) is 18.8. The van der Waals surface area contributed by atoms with Gasteiger partial charge in [-0.15, -0.1) is 0 Å². The van der Waals surface area contributed by atoms with Gasteiger partial charge in [0.1, 0.15) is 11.6 Å². The number of carbonyl (C=O) groups is 2. The number of amides is 2. The van der Waals surface area contributed by atoms with E-state index in [-0.39, 0.29) is 11.8 Å². The molecule has 1 saturated carbocycles. The highest BCUT2D eigenvalue weighted by atomic mass is 16.2. The Labute approximate surface area is 189 Å². The van der Waals surface area contributed by atoms with Crippen molar-refractivity contribution in [1.82, 2.24) is 20.2 Å². The SMILES string of the molecule is CCCN(c1cc2c(cn1)C(=O)NC2)c1ncc(C(=O)N2CCCCC2)cc1C1CCC1. The third-order valence-electron chi connectivity index (χ3n) is 6.97. The minimum absolute atomic E-state index is 0.0602. The summed E-state index contributed by atoms with van der Waals surface area (Å²) in [5, 5.41) is 2.87. The van der Waals surface area contributed by atoms with Crippen molar-refractivity contribution in [2.75, 3.05) is 24.5 Å². The Balaban J connectivity index is 1.51. The topological polar surface area (TPSA) is 78.4 Å². The number of likely N-dealkylation sites (tertiary alicyclic amines) is 1. The molecule has 1 saturated heterocycles. The van der Waals surface area contributed by atoms with E-state index in [4.69, 9.17) is 4.98 Å². The fourth-order valence-corrected chi connectivity index (χ4v) is 4.92. The van der Waals surface area contributed by atoms with Crippen LogP contribution in [0.2, 0.25) is 0 Å². The molecule has 0 atom stereocenters. The summed E-state index contributed by atoms with van der Waals surface area (Å²) in [6.07, 6.45) is 11.2.